The van der Waals surface area contributed by atoms with E-state index in [1.165, 1.54) is 5.56 Å². The molecule has 0 spiro atoms. The van der Waals surface area contributed by atoms with Crippen molar-refractivity contribution in [3.8, 4) is 11.5 Å². The molecular formula is C27H34ClN3O3. The number of aromatic nitrogens is 2. The minimum Gasteiger partial charge on any atom is -0.494 e. The third-order valence-electron chi connectivity index (χ3n) is 6.28. The Morgan fingerprint density at radius 1 is 1.09 bits per heavy atom. The predicted octanol–water partition coefficient (Wildman–Crippen LogP) is 5.11. The largest absolute Gasteiger partial charge is 0.494 e. The summed E-state index contributed by atoms with van der Waals surface area (Å²) in [7, 11) is 0. The van der Waals surface area contributed by atoms with Gasteiger partial charge in [0.05, 0.1) is 17.2 Å². The first-order valence-electron chi connectivity index (χ1n) is 12.0. The highest BCUT2D eigenvalue weighted by Crippen LogP contribution is 2.29. The Balaban J connectivity index is 1.21. The summed E-state index contributed by atoms with van der Waals surface area (Å²) in [6, 6.07) is 16.0. The van der Waals surface area contributed by atoms with Gasteiger partial charge in [-0.15, -0.1) is 0 Å². The number of hydrogen-bond acceptors (Lipinski definition) is 5. The Labute approximate surface area is 207 Å². The van der Waals surface area contributed by atoms with Gasteiger partial charge >= 0.3 is 0 Å². The number of halogens is 1. The van der Waals surface area contributed by atoms with Gasteiger partial charge in [0.1, 0.15) is 18.1 Å². The zero-order valence-corrected chi connectivity index (χ0v) is 20.6. The topological polar surface area (TPSA) is 59.8 Å². The second kappa shape index (κ2) is 11.7. The minimum absolute atomic E-state index is 0.260. The summed E-state index contributed by atoms with van der Waals surface area (Å²) in [5.41, 5.74) is 1.50. The molecule has 2 aromatic carbocycles. The summed E-state index contributed by atoms with van der Waals surface area (Å²) in [4.78, 5) is 2.40. The molecule has 7 heteroatoms. The maximum absolute atomic E-state index is 11.1. The summed E-state index contributed by atoms with van der Waals surface area (Å²) < 4.78 is 13.7. The van der Waals surface area contributed by atoms with E-state index in [0.717, 1.165) is 56.8 Å². The standard InChI is InChI=1S/C27H34ClN3O3/c1-22-5-10-25(28)26(19-22)34-21-27(32)11-2-14-30(17-12-27)20-23-6-8-24(9-7-23)33-18-4-16-31-15-3-13-29-31/h3,5-10,13,15,19,32H,2,4,11-12,14,16-18,20-21H2,1H3/t27-/m0/s1. The molecule has 0 saturated carbocycles. The highest BCUT2D eigenvalue weighted by molar-refractivity contribution is 6.32. The first-order chi connectivity index (χ1) is 16.5. The van der Waals surface area contributed by atoms with Crippen molar-refractivity contribution in [2.24, 2.45) is 0 Å². The molecule has 182 valence electrons. The van der Waals surface area contributed by atoms with Gasteiger partial charge in [0, 0.05) is 38.4 Å². The van der Waals surface area contributed by atoms with Crippen LogP contribution >= 0.6 is 11.6 Å². The van der Waals surface area contributed by atoms with Gasteiger partial charge in [0.2, 0.25) is 0 Å². The Morgan fingerprint density at radius 2 is 1.94 bits per heavy atom. The molecule has 0 aliphatic carbocycles. The molecule has 6 nitrogen and oxygen atoms in total. The van der Waals surface area contributed by atoms with E-state index in [0.29, 0.717) is 23.8 Å². The summed E-state index contributed by atoms with van der Waals surface area (Å²) in [6.07, 6.45) is 7.00. The van der Waals surface area contributed by atoms with Crippen LogP contribution < -0.4 is 9.47 Å². The molecule has 0 bridgehead atoms. The molecule has 3 aromatic rings. The maximum atomic E-state index is 11.1. The number of likely N-dealkylation sites (tertiary alicyclic amines) is 1. The highest BCUT2D eigenvalue weighted by atomic mass is 35.5. The number of aliphatic hydroxyl groups is 1. The number of aryl methyl sites for hydroxylation is 2. The minimum atomic E-state index is -0.838. The van der Waals surface area contributed by atoms with Crippen LogP contribution in [0.15, 0.2) is 60.9 Å². The van der Waals surface area contributed by atoms with Crippen molar-refractivity contribution in [2.45, 2.75) is 51.3 Å². The summed E-state index contributed by atoms with van der Waals surface area (Å²) in [5.74, 6) is 1.53. The fourth-order valence-corrected chi connectivity index (χ4v) is 4.44. The molecule has 1 N–H and O–H groups in total. The van der Waals surface area contributed by atoms with Crippen molar-refractivity contribution >= 4 is 11.6 Å². The average molecular weight is 484 g/mol. The number of ether oxygens (including phenoxy) is 2. The van der Waals surface area contributed by atoms with E-state index < -0.39 is 5.60 Å². The second-order valence-electron chi connectivity index (χ2n) is 9.19. The zero-order valence-electron chi connectivity index (χ0n) is 19.8. The predicted molar refractivity (Wildman–Crippen MR) is 135 cm³/mol. The van der Waals surface area contributed by atoms with Gasteiger partial charge in [0.15, 0.2) is 0 Å². The van der Waals surface area contributed by atoms with E-state index in [2.05, 4.69) is 22.1 Å². The molecule has 0 radical (unpaired) electrons. The lowest BCUT2D eigenvalue weighted by molar-refractivity contribution is -0.0168. The molecule has 4 rings (SSSR count). The SMILES string of the molecule is Cc1ccc(Cl)c(OC[C@]2(O)CCCN(Cc3ccc(OCCCn4cccn4)cc3)CC2)c1. The van der Waals surface area contributed by atoms with Crippen LogP contribution in [0.4, 0.5) is 0 Å². The molecule has 0 unspecified atom stereocenters. The second-order valence-corrected chi connectivity index (χ2v) is 9.60. The van der Waals surface area contributed by atoms with Gasteiger partial charge < -0.3 is 14.6 Å². The Bertz CT molecular complexity index is 1030. The Hall–Kier alpha value is -2.54. The van der Waals surface area contributed by atoms with Crippen molar-refractivity contribution in [3.05, 3.63) is 77.1 Å². The van der Waals surface area contributed by atoms with Crippen LogP contribution in [0.1, 0.15) is 36.8 Å². The number of hydrogen-bond donors (Lipinski definition) is 1. The van der Waals surface area contributed by atoms with Crippen LogP contribution in [0.2, 0.25) is 5.02 Å². The molecule has 1 fully saturated rings. The van der Waals surface area contributed by atoms with Gasteiger partial charge in [-0.05, 0) is 74.2 Å². The third kappa shape index (κ3) is 7.23. The third-order valence-corrected chi connectivity index (χ3v) is 6.59. The van der Waals surface area contributed by atoms with Crippen molar-refractivity contribution in [3.63, 3.8) is 0 Å². The van der Waals surface area contributed by atoms with E-state index in [9.17, 15) is 5.11 Å². The van der Waals surface area contributed by atoms with Gasteiger partial charge in [-0.3, -0.25) is 9.58 Å². The molecule has 34 heavy (non-hydrogen) atoms. The highest BCUT2D eigenvalue weighted by Gasteiger charge is 2.31. The molecule has 1 atom stereocenters. The average Bonchev–Trinajstić information content (AvgIpc) is 3.28. The lowest BCUT2D eigenvalue weighted by Crippen LogP contribution is -2.37. The van der Waals surface area contributed by atoms with E-state index in [1.807, 2.05) is 54.2 Å². The van der Waals surface area contributed by atoms with E-state index in [4.69, 9.17) is 21.1 Å². The zero-order chi connectivity index (χ0) is 23.8. The lowest BCUT2D eigenvalue weighted by Gasteiger charge is -2.27. The monoisotopic (exact) mass is 483 g/mol. The maximum Gasteiger partial charge on any atom is 0.138 e. The Kier molecular flexibility index (Phi) is 8.48. The smallest absolute Gasteiger partial charge is 0.138 e. The van der Waals surface area contributed by atoms with Crippen molar-refractivity contribution in [2.75, 3.05) is 26.3 Å². The molecule has 1 aliphatic heterocycles. The molecule has 0 amide bonds. The lowest BCUT2D eigenvalue weighted by atomic mass is 9.96. The Morgan fingerprint density at radius 3 is 2.74 bits per heavy atom. The summed E-state index contributed by atoms with van der Waals surface area (Å²) in [6.45, 7) is 6.43. The quantitative estimate of drug-likeness (QED) is 0.406. The van der Waals surface area contributed by atoms with Crippen molar-refractivity contribution in [1.82, 2.24) is 14.7 Å². The number of nitrogens with zero attached hydrogens (tertiary/aromatic N) is 3. The van der Waals surface area contributed by atoms with Crippen LogP contribution in [0, 0.1) is 6.92 Å². The van der Waals surface area contributed by atoms with Crippen molar-refractivity contribution < 1.29 is 14.6 Å². The number of benzene rings is 2. The van der Waals surface area contributed by atoms with Gasteiger partial charge in [-0.25, -0.2) is 0 Å². The molecule has 1 aliphatic rings. The number of rotatable bonds is 10. The van der Waals surface area contributed by atoms with Crippen molar-refractivity contribution in [1.29, 1.82) is 0 Å². The fraction of sp³-hybridized carbons (Fsp3) is 0.444. The van der Waals surface area contributed by atoms with Gasteiger partial charge in [0.25, 0.3) is 0 Å². The van der Waals surface area contributed by atoms with Crippen LogP contribution in [-0.2, 0) is 13.1 Å². The van der Waals surface area contributed by atoms with Gasteiger partial charge in [-0.2, -0.15) is 5.10 Å². The van der Waals surface area contributed by atoms with Crippen LogP contribution in [0.3, 0.4) is 0 Å². The normalized spacial score (nSPS) is 19.0. The van der Waals surface area contributed by atoms with E-state index in [1.54, 1.807) is 6.20 Å². The van der Waals surface area contributed by atoms with Gasteiger partial charge in [-0.1, -0.05) is 29.8 Å². The molecule has 1 saturated heterocycles. The first-order valence-corrected chi connectivity index (χ1v) is 12.4. The molecule has 2 heterocycles. The van der Waals surface area contributed by atoms with Crippen LogP contribution in [-0.4, -0.2) is 51.7 Å². The van der Waals surface area contributed by atoms with Crippen LogP contribution in [0.25, 0.3) is 0 Å². The van der Waals surface area contributed by atoms with E-state index in [-0.39, 0.29) is 6.61 Å². The summed E-state index contributed by atoms with van der Waals surface area (Å²) in [5, 5.41) is 15.9. The molecular weight excluding hydrogens is 450 g/mol. The first kappa shape index (κ1) is 24.6. The van der Waals surface area contributed by atoms with Crippen LogP contribution in [0.5, 0.6) is 11.5 Å². The van der Waals surface area contributed by atoms with E-state index >= 15 is 0 Å². The fourth-order valence-electron chi connectivity index (χ4n) is 4.27. The summed E-state index contributed by atoms with van der Waals surface area (Å²) >= 11 is 6.25. The molecule has 1 aromatic heterocycles.